The molecule has 0 spiro atoms. The molecule has 0 aliphatic heterocycles. The van der Waals surface area contributed by atoms with Gasteiger partial charge in [0.2, 0.25) is 0 Å². The molecule has 1 rings (SSSR count). The van der Waals surface area contributed by atoms with Crippen molar-refractivity contribution in [1.82, 2.24) is 0 Å². The van der Waals surface area contributed by atoms with E-state index in [2.05, 4.69) is 31.5 Å². The molecule has 0 saturated heterocycles. The number of thioether (sulfide) groups is 1. The third-order valence-corrected chi connectivity index (χ3v) is 3.55. The number of hydrogen-bond acceptors (Lipinski definition) is 3. The van der Waals surface area contributed by atoms with E-state index in [0.29, 0.717) is 5.56 Å². The molecule has 0 aliphatic carbocycles. The lowest BCUT2D eigenvalue weighted by Gasteiger charge is -2.23. The predicted octanol–water partition coefficient (Wildman–Crippen LogP) is 3.11. The van der Waals surface area contributed by atoms with Gasteiger partial charge in [-0.3, -0.25) is 0 Å². The molecule has 0 radical (unpaired) electrons. The van der Waals surface area contributed by atoms with E-state index in [4.69, 9.17) is 5.26 Å². The monoisotopic (exact) mass is 220 g/mol. The first kappa shape index (κ1) is 11.9. The highest BCUT2D eigenvalue weighted by atomic mass is 32.2. The second kappa shape index (κ2) is 5.09. The number of anilines is 1. The van der Waals surface area contributed by atoms with Crippen molar-refractivity contribution in [3.8, 4) is 6.07 Å². The molecule has 1 N–H and O–H groups in total. The van der Waals surface area contributed by atoms with Gasteiger partial charge in [0.25, 0.3) is 0 Å². The van der Waals surface area contributed by atoms with Gasteiger partial charge < -0.3 is 5.32 Å². The summed E-state index contributed by atoms with van der Waals surface area (Å²) in [5.41, 5.74) is 1.62. The summed E-state index contributed by atoms with van der Waals surface area (Å²) in [6, 6.07) is 9.77. The molecular weight excluding hydrogens is 204 g/mol. The van der Waals surface area contributed by atoms with Gasteiger partial charge in [0.1, 0.15) is 6.07 Å². The Morgan fingerprint density at radius 3 is 2.67 bits per heavy atom. The maximum Gasteiger partial charge on any atom is 0.101 e. The van der Waals surface area contributed by atoms with Gasteiger partial charge in [-0.15, -0.1) is 0 Å². The molecule has 0 aromatic heterocycles. The van der Waals surface area contributed by atoms with Crippen LogP contribution in [0.5, 0.6) is 0 Å². The fourth-order valence-corrected chi connectivity index (χ4v) is 1.33. The van der Waals surface area contributed by atoms with Crippen molar-refractivity contribution < 1.29 is 0 Å². The fraction of sp³-hybridized carbons (Fsp3) is 0.417. The van der Waals surface area contributed by atoms with Crippen molar-refractivity contribution in [2.75, 3.05) is 18.1 Å². The minimum absolute atomic E-state index is 0.183. The van der Waals surface area contributed by atoms with Gasteiger partial charge in [-0.1, -0.05) is 12.1 Å². The van der Waals surface area contributed by atoms with Crippen LogP contribution in [0.25, 0.3) is 0 Å². The predicted molar refractivity (Wildman–Crippen MR) is 67.2 cm³/mol. The maximum atomic E-state index is 8.91. The standard InChI is InChI=1S/C12H16N2S/c1-12(2,15-3)9-14-11-7-5-4-6-10(11)8-13/h4-7,14H,9H2,1-3H3. The Labute approximate surface area is 95.7 Å². The van der Waals surface area contributed by atoms with Crippen LogP contribution >= 0.6 is 11.8 Å². The zero-order chi connectivity index (χ0) is 11.3. The second-order valence-corrected chi connectivity index (χ2v) is 5.49. The van der Waals surface area contributed by atoms with Crippen LogP contribution in [-0.2, 0) is 0 Å². The number of rotatable bonds is 4. The Hall–Kier alpha value is -1.14. The van der Waals surface area contributed by atoms with Crippen molar-refractivity contribution >= 4 is 17.4 Å². The highest BCUT2D eigenvalue weighted by Crippen LogP contribution is 2.22. The van der Waals surface area contributed by atoms with Crippen LogP contribution in [0, 0.1) is 11.3 Å². The molecule has 1 aromatic carbocycles. The van der Waals surface area contributed by atoms with Gasteiger partial charge in [0.05, 0.1) is 11.3 Å². The first-order valence-electron chi connectivity index (χ1n) is 4.87. The molecule has 0 saturated carbocycles. The summed E-state index contributed by atoms with van der Waals surface area (Å²) >= 11 is 1.81. The number of nitriles is 1. The van der Waals surface area contributed by atoms with E-state index in [1.165, 1.54) is 0 Å². The number of benzene rings is 1. The summed E-state index contributed by atoms with van der Waals surface area (Å²) in [5, 5.41) is 12.2. The first-order valence-corrected chi connectivity index (χ1v) is 6.10. The molecule has 0 unspecified atom stereocenters. The van der Waals surface area contributed by atoms with Crippen molar-refractivity contribution in [3.05, 3.63) is 29.8 Å². The zero-order valence-electron chi connectivity index (χ0n) is 9.37. The van der Waals surface area contributed by atoms with E-state index in [1.807, 2.05) is 36.0 Å². The first-order chi connectivity index (χ1) is 7.09. The molecule has 15 heavy (non-hydrogen) atoms. The summed E-state index contributed by atoms with van der Waals surface area (Å²) in [7, 11) is 0. The van der Waals surface area contributed by atoms with E-state index in [1.54, 1.807) is 0 Å². The normalized spacial score (nSPS) is 10.8. The smallest absolute Gasteiger partial charge is 0.101 e. The van der Waals surface area contributed by atoms with Crippen LogP contribution in [0.3, 0.4) is 0 Å². The molecule has 1 aromatic rings. The van der Waals surface area contributed by atoms with Crippen LogP contribution < -0.4 is 5.32 Å². The molecule has 0 aliphatic rings. The van der Waals surface area contributed by atoms with Crippen LogP contribution in [0.1, 0.15) is 19.4 Å². The van der Waals surface area contributed by atoms with E-state index >= 15 is 0 Å². The largest absolute Gasteiger partial charge is 0.383 e. The summed E-state index contributed by atoms with van der Waals surface area (Å²) < 4.78 is 0.183. The minimum atomic E-state index is 0.183. The maximum absolute atomic E-state index is 8.91. The van der Waals surface area contributed by atoms with Crippen LogP contribution in [-0.4, -0.2) is 17.5 Å². The minimum Gasteiger partial charge on any atom is -0.383 e. The highest BCUT2D eigenvalue weighted by molar-refractivity contribution is 7.99. The van der Waals surface area contributed by atoms with Gasteiger partial charge in [-0.2, -0.15) is 17.0 Å². The topological polar surface area (TPSA) is 35.8 Å². The van der Waals surface area contributed by atoms with Crippen molar-refractivity contribution in [3.63, 3.8) is 0 Å². The van der Waals surface area contributed by atoms with Gasteiger partial charge in [0.15, 0.2) is 0 Å². The zero-order valence-corrected chi connectivity index (χ0v) is 10.2. The van der Waals surface area contributed by atoms with Gasteiger partial charge in [0, 0.05) is 11.3 Å². The van der Waals surface area contributed by atoms with Gasteiger partial charge in [-0.05, 0) is 32.2 Å². The number of nitrogens with one attached hydrogen (secondary N) is 1. The van der Waals surface area contributed by atoms with Gasteiger partial charge in [-0.25, -0.2) is 0 Å². The molecule has 0 heterocycles. The fourth-order valence-electron chi connectivity index (χ4n) is 1.12. The third kappa shape index (κ3) is 3.49. The van der Waals surface area contributed by atoms with E-state index in [0.717, 1.165) is 12.2 Å². The molecule has 0 fully saturated rings. The quantitative estimate of drug-likeness (QED) is 0.847. The molecule has 0 amide bonds. The Morgan fingerprint density at radius 1 is 1.40 bits per heavy atom. The van der Waals surface area contributed by atoms with E-state index < -0.39 is 0 Å². The molecule has 3 heteroatoms. The molecular formula is C12H16N2S. The molecule has 0 bridgehead atoms. The van der Waals surface area contributed by atoms with Crippen LogP contribution in [0.4, 0.5) is 5.69 Å². The molecule has 0 atom stereocenters. The Morgan fingerprint density at radius 2 is 2.07 bits per heavy atom. The summed E-state index contributed by atoms with van der Waals surface area (Å²) in [4.78, 5) is 0. The summed E-state index contributed by atoms with van der Waals surface area (Å²) in [5.74, 6) is 0. The number of nitrogens with zero attached hydrogens (tertiary/aromatic N) is 1. The average Bonchev–Trinajstić information content (AvgIpc) is 2.27. The van der Waals surface area contributed by atoms with Crippen LogP contribution in [0.2, 0.25) is 0 Å². The van der Waals surface area contributed by atoms with Gasteiger partial charge >= 0.3 is 0 Å². The lowest BCUT2D eigenvalue weighted by Crippen LogP contribution is -2.26. The Bertz CT molecular complexity index is 366. The van der Waals surface area contributed by atoms with E-state index in [9.17, 15) is 0 Å². The number of para-hydroxylation sites is 1. The lowest BCUT2D eigenvalue weighted by atomic mass is 10.1. The van der Waals surface area contributed by atoms with Crippen molar-refractivity contribution in [1.29, 1.82) is 5.26 Å². The Balaban J connectivity index is 2.70. The summed E-state index contributed by atoms with van der Waals surface area (Å²) in [6.07, 6.45) is 2.10. The Kier molecular flexibility index (Phi) is 4.05. The summed E-state index contributed by atoms with van der Waals surface area (Å²) in [6.45, 7) is 5.21. The van der Waals surface area contributed by atoms with E-state index in [-0.39, 0.29) is 4.75 Å². The third-order valence-electron chi connectivity index (χ3n) is 2.30. The molecule has 80 valence electrons. The second-order valence-electron chi connectivity index (χ2n) is 3.97. The number of hydrogen-bond donors (Lipinski definition) is 1. The van der Waals surface area contributed by atoms with Crippen LogP contribution in [0.15, 0.2) is 24.3 Å². The molecule has 2 nitrogen and oxygen atoms in total. The average molecular weight is 220 g/mol. The van der Waals surface area contributed by atoms with Crippen molar-refractivity contribution in [2.24, 2.45) is 0 Å². The SMILES string of the molecule is CSC(C)(C)CNc1ccccc1C#N. The van der Waals surface area contributed by atoms with Crippen molar-refractivity contribution in [2.45, 2.75) is 18.6 Å². The lowest BCUT2D eigenvalue weighted by molar-refractivity contribution is 0.752. The highest BCUT2D eigenvalue weighted by Gasteiger charge is 2.15.